The van der Waals surface area contributed by atoms with Crippen molar-refractivity contribution in [2.24, 2.45) is 0 Å². The van der Waals surface area contributed by atoms with Gasteiger partial charge in [-0.3, -0.25) is 4.98 Å². The molecule has 0 spiro atoms. The largest absolute Gasteiger partial charge is 0.347 e. The Hall–Kier alpha value is -3.89. The fourth-order valence-corrected chi connectivity index (χ4v) is 6.23. The van der Waals surface area contributed by atoms with Crippen molar-refractivity contribution < 1.29 is 0 Å². The van der Waals surface area contributed by atoms with Crippen molar-refractivity contribution in [2.75, 3.05) is 0 Å². The summed E-state index contributed by atoms with van der Waals surface area (Å²) in [6, 6.07) is 42.8. The number of hydrogen-bond donors (Lipinski definition) is 0. The molecule has 0 aliphatic carbocycles. The summed E-state index contributed by atoms with van der Waals surface area (Å²) < 4.78 is 2.33. The molecule has 1 aromatic heterocycles. The highest BCUT2D eigenvalue weighted by Crippen LogP contribution is 2.23. The van der Waals surface area contributed by atoms with Crippen molar-refractivity contribution in [3.05, 3.63) is 156 Å². The fourth-order valence-electron chi connectivity index (χ4n) is 4.47. The van der Waals surface area contributed by atoms with Crippen LogP contribution in [0, 0.1) is 0 Å². The van der Waals surface area contributed by atoms with E-state index in [4.69, 9.17) is 4.98 Å². The van der Waals surface area contributed by atoms with Crippen LogP contribution < -0.4 is 5.72 Å². The van der Waals surface area contributed by atoms with E-state index in [1.54, 1.807) is 0 Å². The zero-order valence-electron chi connectivity index (χ0n) is 19.7. The Morgan fingerprint density at radius 1 is 0.743 bits per heavy atom. The summed E-state index contributed by atoms with van der Waals surface area (Å²) in [6.07, 6.45) is 7.40. The normalized spacial score (nSPS) is 11.9. The maximum Gasteiger partial charge on any atom is 0.215 e. The lowest BCUT2D eigenvalue weighted by molar-refractivity contribution is 0.904. The zero-order valence-corrected chi connectivity index (χ0v) is 21.2. The molecule has 0 fully saturated rings. The highest BCUT2D eigenvalue weighted by molar-refractivity contribution is 6.62. The summed E-state index contributed by atoms with van der Waals surface area (Å²) in [5.41, 5.74) is 6.16. The van der Waals surface area contributed by atoms with E-state index in [1.807, 2.05) is 6.20 Å². The number of nitrogens with zero attached hydrogens (tertiary/aromatic N) is 2. The van der Waals surface area contributed by atoms with E-state index in [-0.39, 0.29) is 5.82 Å². The molecular weight excluding hydrogens is 439 g/mol. The number of aromatic nitrogens is 2. The van der Waals surface area contributed by atoms with Crippen LogP contribution in [0.2, 0.25) is 0 Å². The van der Waals surface area contributed by atoms with Gasteiger partial charge in [0, 0.05) is 18.6 Å². The zero-order chi connectivity index (χ0) is 23.7. The maximum atomic E-state index is 4.75. The van der Waals surface area contributed by atoms with Crippen LogP contribution in [0.3, 0.4) is 0 Å². The highest BCUT2D eigenvalue weighted by atomic mass is 28.2. The minimum absolute atomic E-state index is 0.161. The molecule has 5 rings (SSSR count). The molecule has 0 amide bonds. The number of rotatable bonds is 9. The summed E-state index contributed by atoms with van der Waals surface area (Å²) in [4.78, 5) is 4.75. The van der Waals surface area contributed by atoms with Gasteiger partial charge in [0.15, 0.2) is 0 Å². The van der Waals surface area contributed by atoms with Crippen LogP contribution in [-0.2, 0) is 6.17 Å². The lowest BCUT2D eigenvalue weighted by Crippen LogP contribution is -2.32. The maximum absolute atomic E-state index is 4.75. The van der Waals surface area contributed by atoms with Gasteiger partial charge in [-0.1, -0.05) is 133 Å². The average Bonchev–Trinajstić information content (AvgIpc) is 3.38. The predicted molar refractivity (Wildman–Crippen MR) is 152 cm³/mol. The van der Waals surface area contributed by atoms with E-state index >= 15 is 0 Å². The van der Waals surface area contributed by atoms with Crippen LogP contribution in [0.5, 0.6) is 0 Å². The lowest BCUT2D eigenvalue weighted by Gasteiger charge is -2.18. The van der Waals surface area contributed by atoms with Crippen LogP contribution in [0.25, 0.3) is 11.3 Å². The smallest absolute Gasteiger partial charge is 0.215 e. The molecule has 0 atom stereocenters. The third-order valence-corrected chi connectivity index (χ3v) is 8.14. The molecule has 4 heteroatoms. The van der Waals surface area contributed by atoms with Gasteiger partial charge in [0.25, 0.3) is 0 Å². The van der Waals surface area contributed by atoms with E-state index in [0.717, 1.165) is 11.9 Å². The van der Waals surface area contributed by atoms with Crippen molar-refractivity contribution >= 4 is 33.8 Å². The molecule has 0 saturated carbocycles. The number of imidazole rings is 1. The lowest BCUT2D eigenvalue weighted by atomic mass is 9.58. The Morgan fingerprint density at radius 2 is 1.29 bits per heavy atom. The Labute approximate surface area is 211 Å². The third kappa shape index (κ3) is 5.97. The first-order valence-electron chi connectivity index (χ1n) is 12.1. The highest BCUT2D eigenvalue weighted by Gasteiger charge is 2.19. The van der Waals surface area contributed by atoms with Crippen LogP contribution >= 0.6 is 0 Å². The van der Waals surface area contributed by atoms with Gasteiger partial charge in [0.1, 0.15) is 0 Å². The first-order valence-corrected chi connectivity index (χ1v) is 13.8. The van der Waals surface area contributed by atoms with Gasteiger partial charge < -0.3 is 4.57 Å². The Balaban J connectivity index is 1.40. The average molecular weight is 467 g/mol. The molecule has 0 bridgehead atoms. The molecule has 0 saturated heterocycles. The number of hydrogen-bond acceptors (Lipinski definition) is 1. The molecule has 0 aliphatic heterocycles. The summed E-state index contributed by atoms with van der Waals surface area (Å²) in [7, 11) is 1.71. The van der Waals surface area contributed by atoms with Crippen LogP contribution in [-0.4, -0.2) is 26.4 Å². The predicted octanol–water partition coefficient (Wildman–Crippen LogP) is 5.33. The molecule has 4 aromatic carbocycles. The second-order valence-corrected chi connectivity index (χ2v) is 10.3. The molecule has 2 nitrogen and oxygen atoms in total. The Kier molecular flexibility index (Phi) is 7.52. The summed E-state index contributed by atoms with van der Waals surface area (Å²) in [5.74, 6) is 0.161. The van der Waals surface area contributed by atoms with Crippen molar-refractivity contribution in [3.63, 3.8) is 0 Å². The molecule has 169 valence electrons. The first-order chi connectivity index (χ1) is 17.4. The van der Waals surface area contributed by atoms with Crippen molar-refractivity contribution in [3.8, 4) is 0 Å². The minimum Gasteiger partial charge on any atom is -0.347 e. The van der Waals surface area contributed by atoms with Crippen LogP contribution in [0.15, 0.2) is 134 Å². The molecule has 0 aliphatic rings. The standard InChI is InChI=1S/C31H28BN2Si/c1-5-13-25(14-6-1)23-29(26-15-7-2-8-16-26)35-24-34-22-21-33-31(34)32-30(27-17-9-3-10-18-27)28-19-11-4-12-20-28/h1-23,30H,24,35H2. The second-order valence-electron chi connectivity index (χ2n) is 8.64. The second kappa shape index (κ2) is 11.5. The number of benzene rings is 4. The topological polar surface area (TPSA) is 17.8 Å². The van der Waals surface area contributed by atoms with Crippen LogP contribution in [0.1, 0.15) is 28.1 Å². The summed E-state index contributed by atoms with van der Waals surface area (Å²) in [5, 5.41) is 1.46. The van der Waals surface area contributed by atoms with Crippen molar-refractivity contribution in [1.29, 1.82) is 0 Å². The van der Waals surface area contributed by atoms with Gasteiger partial charge in [-0.05, 0) is 28.1 Å². The van der Waals surface area contributed by atoms with E-state index in [0.29, 0.717) is 0 Å². The molecule has 35 heavy (non-hydrogen) atoms. The van der Waals surface area contributed by atoms with Gasteiger partial charge in [-0.15, -0.1) is 0 Å². The third-order valence-electron chi connectivity index (χ3n) is 6.29. The van der Waals surface area contributed by atoms with E-state index in [2.05, 4.69) is 145 Å². The molecular formula is C31H28BN2Si. The van der Waals surface area contributed by atoms with E-state index in [1.165, 1.54) is 27.5 Å². The Morgan fingerprint density at radius 3 is 1.89 bits per heavy atom. The van der Waals surface area contributed by atoms with Gasteiger partial charge >= 0.3 is 0 Å². The monoisotopic (exact) mass is 467 g/mol. The van der Waals surface area contributed by atoms with Crippen molar-refractivity contribution in [2.45, 2.75) is 12.0 Å². The molecule has 1 radical (unpaired) electrons. The fraction of sp³-hybridized carbons (Fsp3) is 0.0645. The minimum atomic E-state index is -0.603. The summed E-state index contributed by atoms with van der Waals surface area (Å²) >= 11 is 0. The molecule has 5 aromatic rings. The van der Waals surface area contributed by atoms with Crippen LogP contribution in [0.4, 0.5) is 0 Å². The van der Waals surface area contributed by atoms with Crippen molar-refractivity contribution in [1.82, 2.24) is 9.55 Å². The van der Waals surface area contributed by atoms with Gasteiger partial charge in [-0.25, -0.2) is 0 Å². The van der Waals surface area contributed by atoms with Gasteiger partial charge in [-0.2, -0.15) is 0 Å². The molecule has 0 unspecified atom stereocenters. The SMILES string of the molecule is [B](c1nccn1C[SiH2]C(=Cc1ccccc1)c1ccccc1)C(c1ccccc1)c1ccccc1. The Bertz CT molecular complexity index is 1310. The van der Waals surface area contributed by atoms with E-state index < -0.39 is 9.52 Å². The summed E-state index contributed by atoms with van der Waals surface area (Å²) in [6.45, 7) is 0. The van der Waals surface area contributed by atoms with Gasteiger partial charge in [0.05, 0.1) is 15.2 Å². The molecule has 0 N–H and O–H groups in total. The quantitative estimate of drug-likeness (QED) is 0.212. The van der Waals surface area contributed by atoms with Gasteiger partial charge in [0.2, 0.25) is 7.28 Å². The molecule has 1 heterocycles. The first kappa shape index (κ1) is 22.9. The van der Waals surface area contributed by atoms with E-state index in [9.17, 15) is 0 Å².